The number of benzene rings is 1. The molecule has 4 nitrogen and oxygen atoms in total. The summed E-state index contributed by atoms with van der Waals surface area (Å²) in [5, 5.41) is 3.99. The summed E-state index contributed by atoms with van der Waals surface area (Å²) in [4.78, 5) is 6.95. The van der Waals surface area contributed by atoms with E-state index in [1.807, 2.05) is 0 Å². The Morgan fingerprint density at radius 1 is 1.29 bits per heavy atom. The van der Waals surface area contributed by atoms with Crippen molar-refractivity contribution in [2.45, 2.75) is 0 Å². The van der Waals surface area contributed by atoms with Crippen LogP contribution in [0.25, 0.3) is 22.4 Å². The Morgan fingerprint density at radius 2 is 2.12 bits per heavy atom. The summed E-state index contributed by atoms with van der Waals surface area (Å²) in [5.41, 5.74) is 1.19. The first-order valence-corrected chi connectivity index (χ1v) is 4.98. The molecule has 0 aliphatic carbocycles. The van der Waals surface area contributed by atoms with Gasteiger partial charge >= 0.3 is 0 Å². The van der Waals surface area contributed by atoms with E-state index < -0.39 is 11.6 Å². The number of rotatable bonds is 1. The van der Waals surface area contributed by atoms with Crippen LogP contribution >= 0.6 is 0 Å². The van der Waals surface area contributed by atoms with E-state index in [9.17, 15) is 8.78 Å². The van der Waals surface area contributed by atoms with E-state index in [0.717, 1.165) is 11.6 Å². The van der Waals surface area contributed by atoms with Crippen LogP contribution < -0.4 is 0 Å². The monoisotopic (exact) mass is 234 g/mol. The lowest BCUT2D eigenvalue weighted by molar-refractivity contribution is 0.515. The van der Waals surface area contributed by atoms with Gasteiger partial charge in [-0.1, -0.05) is 0 Å². The van der Waals surface area contributed by atoms with Crippen molar-refractivity contribution in [3.05, 3.63) is 36.2 Å². The molecule has 0 unspecified atom stereocenters. The minimum Gasteiger partial charge on any atom is -0.338 e. The van der Waals surface area contributed by atoms with Crippen LogP contribution in [0.2, 0.25) is 0 Å². The molecule has 3 aromatic rings. The Morgan fingerprint density at radius 3 is 2.82 bits per heavy atom. The highest BCUT2D eigenvalue weighted by Gasteiger charge is 2.13. The van der Waals surface area contributed by atoms with Crippen molar-refractivity contribution >= 4 is 11.0 Å². The van der Waals surface area contributed by atoms with E-state index in [1.165, 1.54) is 6.07 Å². The van der Waals surface area contributed by atoms with Crippen molar-refractivity contribution in [3.8, 4) is 11.4 Å². The number of aromatic amines is 1. The number of nitrogens with one attached hydrogen (secondary N) is 1. The molecule has 0 atom stereocenters. The number of hydrogen-bond acceptors (Lipinski definition) is 2. The van der Waals surface area contributed by atoms with Gasteiger partial charge in [0.05, 0.1) is 17.3 Å². The third kappa shape index (κ3) is 1.49. The van der Waals surface area contributed by atoms with Crippen molar-refractivity contribution in [1.29, 1.82) is 0 Å². The van der Waals surface area contributed by atoms with E-state index in [1.54, 1.807) is 24.1 Å². The highest BCUT2D eigenvalue weighted by molar-refractivity contribution is 5.79. The van der Waals surface area contributed by atoms with Gasteiger partial charge in [-0.3, -0.25) is 4.68 Å². The Kier molecular flexibility index (Phi) is 1.98. The fraction of sp³-hybridized carbons (Fsp3) is 0.0909. The fourth-order valence-electron chi connectivity index (χ4n) is 1.70. The first-order chi connectivity index (χ1) is 8.15. The van der Waals surface area contributed by atoms with Gasteiger partial charge < -0.3 is 4.98 Å². The minimum atomic E-state index is -0.936. The van der Waals surface area contributed by atoms with Crippen LogP contribution in [0.15, 0.2) is 24.5 Å². The van der Waals surface area contributed by atoms with E-state index in [2.05, 4.69) is 15.1 Å². The largest absolute Gasteiger partial charge is 0.338 e. The number of nitrogens with zero attached hydrogens (tertiary/aromatic N) is 3. The highest BCUT2D eigenvalue weighted by atomic mass is 19.2. The first kappa shape index (κ1) is 9.95. The van der Waals surface area contributed by atoms with Gasteiger partial charge in [0.15, 0.2) is 11.6 Å². The molecule has 86 valence electrons. The Balaban J connectivity index is 2.23. The average molecular weight is 234 g/mol. The van der Waals surface area contributed by atoms with Crippen LogP contribution in [-0.4, -0.2) is 19.7 Å². The molecule has 17 heavy (non-hydrogen) atoms. The summed E-state index contributed by atoms with van der Waals surface area (Å²) in [6.07, 6.45) is 3.35. The second-order valence-electron chi connectivity index (χ2n) is 3.75. The molecule has 0 spiro atoms. The third-order valence-corrected chi connectivity index (χ3v) is 2.52. The highest BCUT2D eigenvalue weighted by Crippen LogP contribution is 2.22. The molecule has 0 amide bonds. The lowest BCUT2D eigenvalue weighted by Crippen LogP contribution is -1.84. The number of aryl methyl sites for hydroxylation is 1. The van der Waals surface area contributed by atoms with E-state index >= 15 is 0 Å². The molecular formula is C11H8F2N4. The molecule has 0 fully saturated rings. The van der Waals surface area contributed by atoms with Crippen molar-refractivity contribution in [1.82, 2.24) is 19.7 Å². The Labute approximate surface area is 94.9 Å². The summed E-state index contributed by atoms with van der Waals surface area (Å²) >= 11 is 0. The van der Waals surface area contributed by atoms with Crippen molar-refractivity contribution < 1.29 is 8.78 Å². The topological polar surface area (TPSA) is 46.5 Å². The number of H-pyrrole nitrogens is 1. The van der Waals surface area contributed by atoms with Crippen molar-refractivity contribution in [2.75, 3.05) is 0 Å². The molecular weight excluding hydrogens is 226 g/mol. The van der Waals surface area contributed by atoms with Gasteiger partial charge in [0.2, 0.25) is 0 Å². The molecule has 0 bridgehead atoms. The lowest BCUT2D eigenvalue weighted by Gasteiger charge is -1.91. The van der Waals surface area contributed by atoms with Crippen LogP contribution in [0.3, 0.4) is 0 Å². The predicted octanol–water partition coefficient (Wildman–Crippen LogP) is 2.24. The van der Waals surface area contributed by atoms with Gasteiger partial charge in [-0.2, -0.15) is 5.10 Å². The molecule has 0 aliphatic heterocycles. The van der Waals surface area contributed by atoms with Gasteiger partial charge in [0.25, 0.3) is 0 Å². The zero-order valence-electron chi connectivity index (χ0n) is 8.91. The molecule has 0 aliphatic rings. The van der Waals surface area contributed by atoms with Crippen LogP contribution in [0.1, 0.15) is 0 Å². The second kappa shape index (κ2) is 3.38. The maximum absolute atomic E-state index is 13.5. The number of aromatic nitrogens is 4. The first-order valence-electron chi connectivity index (χ1n) is 4.98. The molecule has 0 saturated heterocycles. The maximum atomic E-state index is 13.5. The predicted molar refractivity (Wildman–Crippen MR) is 58.2 cm³/mol. The van der Waals surface area contributed by atoms with Gasteiger partial charge in [0, 0.05) is 13.2 Å². The van der Waals surface area contributed by atoms with Crippen LogP contribution in [0.5, 0.6) is 0 Å². The minimum absolute atomic E-state index is 0.00357. The number of halogens is 2. The molecule has 6 heteroatoms. The molecule has 2 aromatic heterocycles. The second-order valence-corrected chi connectivity index (χ2v) is 3.75. The number of fused-ring (bicyclic) bond motifs is 1. The van der Waals surface area contributed by atoms with Crippen LogP contribution in [0, 0.1) is 11.6 Å². The standard InChI is InChI=1S/C11H8F2N4/c1-17-5-6(4-14-17)11-15-8-3-2-7(12)9(13)10(8)16-11/h2-5H,1H3,(H,15,16). The maximum Gasteiger partial charge on any atom is 0.186 e. The smallest absolute Gasteiger partial charge is 0.186 e. The lowest BCUT2D eigenvalue weighted by atomic mass is 10.3. The number of imidazole rings is 1. The van der Waals surface area contributed by atoms with E-state index in [4.69, 9.17) is 0 Å². The molecule has 0 saturated carbocycles. The summed E-state index contributed by atoms with van der Waals surface area (Å²) in [6.45, 7) is 0. The van der Waals surface area contributed by atoms with Crippen molar-refractivity contribution in [2.24, 2.45) is 7.05 Å². The van der Waals surface area contributed by atoms with Gasteiger partial charge in [-0.15, -0.1) is 0 Å². The molecule has 3 rings (SSSR count). The fourth-order valence-corrected chi connectivity index (χ4v) is 1.70. The van der Waals surface area contributed by atoms with Gasteiger partial charge in [-0.05, 0) is 12.1 Å². The molecule has 0 radical (unpaired) electrons. The summed E-state index contributed by atoms with van der Waals surface area (Å²) in [7, 11) is 1.77. The normalized spacial score (nSPS) is 11.2. The zero-order chi connectivity index (χ0) is 12.0. The zero-order valence-corrected chi connectivity index (χ0v) is 8.91. The molecule has 1 N–H and O–H groups in total. The summed E-state index contributed by atoms with van der Waals surface area (Å²) in [5.74, 6) is -1.37. The van der Waals surface area contributed by atoms with E-state index in [0.29, 0.717) is 11.3 Å². The van der Waals surface area contributed by atoms with Gasteiger partial charge in [0.1, 0.15) is 11.3 Å². The van der Waals surface area contributed by atoms with Crippen LogP contribution in [0.4, 0.5) is 8.78 Å². The van der Waals surface area contributed by atoms with Gasteiger partial charge in [-0.25, -0.2) is 13.8 Å². The number of hydrogen-bond donors (Lipinski definition) is 1. The Hall–Kier alpha value is -2.24. The average Bonchev–Trinajstić information content (AvgIpc) is 2.90. The molecule has 2 heterocycles. The van der Waals surface area contributed by atoms with Crippen LogP contribution in [-0.2, 0) is 7.05 Å². The quantitative estimate of drug-likeness (QED) is 0.701. The third-order valence-electron chi connectivity index (χ3n) is 2.52. The molecule has 1 aromatic carbocycles. The summed E-state index contributed by atoms with van der Waals surface area (Å²) in [6, 6.07) is 2.53. The van der Waals surface area contributed by atoms with E-state index in [-0.39, 0.29) is 5.52 Å². The van der Waals surface area contributed by atoms with Crippen molar-refractivity contribution in [3.63, 3.8) is 0 Å². The Bertz CT molecular complexity index is 699. The SMILES string of the molecule is Cn1cc(-c2nc3c(F)c(F)ccc3[nH]2)cn1. The summed E-state index contributed by atoms with van der Waals surface area (Å²) < 4.78 is 28.1.